The molecule has 0 bridgehead atoms. The molecule has 0 amide bonds. The van der Waals surface area contributed by atoms with Crippen molar-refractivity contribution in [1.29, 1.82) is 0 Å². The van der Waals surface area contributed by atoms with E-state index >= 15 is 0 Å². The SMILES string of the molecule is O=C(O)C(Cc1cn2ccc(Br)cc2n1)N=C(c1ccccc1)c1ccccc1. The highest BCUT2D eigenvalue weighted by atomic mass is 79.9. The van der Waals surface area contributed by atoms with E-state index < -0.39 is 12.0 Å². The van der Waals surface area contributed by atoms with Crippen molar-refractivity contribution in [2.45, 2.75) is 12.5 Å². The van der Waals surface area contributed by atoms with Crippen LogP contribution < -0.4 is 0 Å². The number of hydrogen-bond acceptors (Lipinski definition) is 3. The number of imidazole rings is 1. The lowest BCUT2D eigenvalue weighted by Crippen LogP contribution is -2.23. The van der Waals surface area contributed by atoms with Crippen LogP contribution in [0.5, 0.6) is 0 Å². The molecular weight excluding hydrogens is 430 g/mol. The number of aliphatic carboxylic acids is 1. The van der Waals surface area contributed by atoms with Gasteiger partial charge >= 0.3 is 5.97 Å². The highest BCUT2D eigenvalue weighted by Crippen LogP contribution is 2.17. The number of halogens is 1. The van der Waals surface area contributed by atoms with Crippen LogP contribution in [0.3, 0.4) is 0 Å². The van der Waals surface area contributed by atoms with Crippen LogP contribution in [0.4, 0.5) is 0 Å². The number of benzene rings is 2. The second kappa shape index (κ2) is 8.41. The Morgan fingerprint density at radius 2 is 1.66 bits per heavy atom. The first-order chi connectivity index (χ1) is 14.1. The maximum Gasteiger partial charge on any atom is 0.328 e. The second-order valence-corrected chi connectivity index (χ2v) is 7.53. The smallest absolute Gasteiger partial charge is 0.328 e. The predicted octanol–water partition coefficient (Wildman–Crippen LogP) is 4.63. The Bertz CT molecular complexity index is 1130. The maximum absolute atomic E-state index is 12.0. The lowest BCUT2D eigenvalue weighted by Gasteiger charge is -2.12. The van der Waals surface area contributed by atoms with Gasteiger partial charge in [-0.25, -0.2) is 9.78 Å². The topological polar surface area (TPSA) is 67.0 Å². The van der Waals surface area contributed by atoms with Gasteiger partial charge in [-0.3, -0.25) is 4.99 Å². The van der Waals surface area contributed by atoms with Gasteiger partial charge in [-0.2, -0.15) is 0 Å². The average molecular weight is 448 g/mol. The first kappa shape index (κ1) is 19.1. The molecule has 1 atom stereocenters. The van der Waals surface area contributed by atoms with E-state index in [2.05, 4.69) is 25.9 Å². The van der Waals surface area contributed by atoms with Crippen molar-refractivity contribution < 1.29 is 9.90 Å². The molecule has 0 saturated heterocycles. The molecule has 4 rings (SSSR count). The molecule has 1 N–H and O–H groups in total. The molecular formula is C23H18BrN3O2. The number of carbonyl (C=O) groups is 1. The van der Waals surface area contributed by atoms with Gasteiger partial charge in [0.05, 0.1) is 11.4 Å². The lowest BCUT2D eigenvalue weighted by molar-refractivity contribution is -0.138. The van der Waals surface area contributed by atoms with Crippen LogP contribution in [0.25, 0.3) is 5.65 Å². The molecule has 29 heavy (non-hydrogen) atoms. The Balaban J connectivity index is 1.73. The third kappa shape index (κ3) is 4.43. The number of pyridine rings is 1. The van der Waals surface area contributed by atoms with Gasteiger partial charge in [0.25, 0.3) is 0 Å². The van der Waals surface area contributed by atoms with Crippen molar-refractivity contribution in [3.8, 4) is 0 Å². The zero-order valence-electron chi connectivity index (χ0n) is 15.4. The summed E-state index contributed by atoms with van der Waals surface area (Å²) in [6.45, 7) is 0. The molecule has 0 aliphatic rings. The molecule has 1 unspecified atom stereocenters. The van der Waals surface area contributed by atoms with E-state index in [9.17, 15) is 9.90 Å². The van der Waals surface area contributed by atoms with E-state index in [-0.39, 0.29) is 6.42 Å². The Labute approximate surface area is 176 Å². The predicted molar refractivity (Wildman–Crippen MR) is 117 cm³/mol. The van der Waals surface area contributed by atoms with Crippen molar-refractivity contribution >= 4 is 33.3 Å². The van der Waals surface area contributed by atoms with Crippen LogP contribution in [0.1, 0.15) is 16.8 Å². The first-order valence-corrected chi connectivity index (χ1v) is 9.94. The molecule has 2 aromatic heterocycles. The number of rotatable bonds is 6. The monoisotopic (exact) mass is 447 g/mol. The molecule has 6 heteroatoms. The molecule has 4 aromatic rings. The number of carboxylic acid groups (broad SMARTS) is 1. The Morgan fingerprint density at radius 1 is 1.03 bits per heavy atom. The number of fused-ring (bicyclic) bond motifs is 1. The highest BCUT2D eigenvalue weighted by Gasteiger charge is 2.21. The molecule has 0 radical (unpaired) electrons. The van der Waals surface area contributed by atoms with E-state index in [0.717, 1.165) is 21.2 Å². The standard InChI is InChI=1S/C23H18BrN3O2/c24-18-11-12-27-15-19(25-21(27)13-18)14-20(23(28)29)26-22(16-7-3-1-4-8-16)17-9-5-2-6-10-17/h1-13,15,20H,14H2,(H,28,29). The number of carboxylic acids is 1. The van der Waals surface area contributed by atoms with Crippen molar-refractivity contribution in [1.82, 2.24) is 9.38 Å². The van der Waals surface area contributed by atoms with Crippen LogP contribution in [-0.4, -0.2) is 32.2 Å². The van der Waals surface area contributed by atoms with Crippen LogP contribution in [0.15, 0.2) is 94.7 Å². The summed E-state index contributed by atoms with van der Waals surface area (Å²) in [6, 6.07) is 22.1. The Kier molecular flexibility index (Phi) is 5.53. The molecule has 0 spiro atoms. The third-order valence-corrected chi connectivity index (χ3v) is 5.03. The maximum atomic E-state index is 12.0. The van der Waals surface area contributed by atoms with E-state index in [0.29, 0.717) is 11.4 Å². The minimum atomic E-state index is -0.979. The zero-order chi connectivity index (χ0) is 20.2. The van der Waals surface area contributed by atoms with E-state index in [1.807, 2.05) is 89.6 Å². The summed E-state index contributed by atoms with van der Waals surface area (Å²) >= 11 is 3.43. The zero-order valence-corrected chi connectivity index (χ0v) is 17.0. The molecule has 144 valence electrons. The summed E-state index contributed by atoms with van der Waals surface area (Å²) < 4.78 is 2.79. The van der Waals surface area contributed by atoms with Gasteiger partial charge < -0.3 is 9.51 Å². The number of hydrogen-bond donors (Lipinski definition) is 1. The van der Waals surface area contributed by atoms with Crippen molar-refractivity contribution in [2.24, 2.45) is 4.99 Å². The fourth-order valence-corrected chi connectivity index (χ4v) is 3.48. The Hall–Kier alpha value is -3.25. The summed E-state index contributed by atoms with van der Waals surface area (Å²) in [5, 5.41) is 9.85. The van der Waals surface area contributed by atoms with Crippen molar-refractivity contribution in [2.75, 3.05) is 0 Å². The van der Waals surface area contributed by atoms with Gasteiger partial charge in [-0.1, -0.05) is 76.6 Å². The number of aromatic nitrogens is 2. The van der Waals surface area contributed by atoms with Gasteiger partial charge in [-0.05, 0) is 12.1 Å². The molecule has 0 aliphatic carbocycles. The van der Waals surface area contributed by atoms with Gasteiger partial charge in [0.1, 0.15) is 5.65 Å². The first-order valence-electron chi connectivity index (χ1n) is 9.15. The second-order valence-electron chi connectivity index (χ2n) is 6.61. The minimum Gasteiger partial charge on any atom is -0.480 e. The van der Waals surface area contributed by atoms with E-state index in [1.165, 1.54) is 0 Å². The van der Waals surface area contributed by atoms with Crippen LogP contribution >= 0.6 is 15.9 Å². The fraction of sp³-hybridized carbons (Fsp3) is 0.0870. The van der Waals surface area contributed by atoms with Crippen LogP contribution in [0, 0.1) is 0 Å². The van der Waals surface area contributed by atoms with Gasteiger partial charge in [0, 0.05) is 34.4 Å². The highest BCUT2D eigenvalue weighted by molar-refractivity contribution is 9.10. The molecule has 0 aliphatic heterocycles. The molecule has 2 heterocycles. The normalized spacial score (nSPS) is 11.9. The van der Waals surface area contributed by atoms with Crippen LogP contribution in [0.2, 0.25) is 0 Å². The fourth-order valence-electron chi connectivity index (χ4n) is 3.16. The van der Waals surface area contributed by atoms with Gasteiger partial charge in [-0.15, -0.1) is 0 Å². The molecule has 2 aromatic carbocycles. The van der Waals surface area contributed by atoms with Gasteiger partial charge in [0.15, 0.2) is 6.04 Å². The largest absolute Gasteiger partial charge is 0.480 e. The minimum absolute atomic E-state index is 0.206. The summed E-state index contributed by atoms with van der Waals surface area (Å²) in [7, 11) is 0. The van der Waals surface area contributed by atoms with Crippen LogP contribution in [-0.2, 0) is 11.2 Å². The summed E-state index contributed by atoms with van der Waals surface area (Å²) in [4.78, 5) is 21.2. The number of aliphatic imine (C=N–C) groups is 1. The van der Waals surface area contributed by atoms with Crippen molar-refractivity contribution in [3.63, 3.8) is 0 Å². The number of nitrogens with zero attached hydrogens (tertiary/aromatic N) is 3. The molecule has 0 fully saturated rings. The van der Waals surface area contributed by atoms with Crippen molar-refractivity contribution in [3.05, 3.63) is 106 Å². The summed E-state index contributed by atoms with van der Waals surface area (Å²) in [6.07, 6.45) is 3.93. The molecule has 5 nitrogen and oxygen atoms in total. The van der Waals surface area contributed by atoms with Gasteiger partial charge in [0.2, 0.25) is 0 Å². The molecule has 0 saturated carbocycles. The van der Waals surface area contributed by atoms with E-state index in [1.54, 1.807) is 0 Å². The third-order valence-electron chi connectivity index (χ3n) is 4.54. The summed E-state index contributed by atoms with van der Waals surface area (Å²) in [5.74, 6) is -0.979. The summed E-state index contributed by atoms with van der Waals surface area (Å²) in [5.41, 5.74) is 3.85. The average Bonchev–Trinajstić information content (AvgIpc) is 3.13. The Morgan fingerprint density at radius 3 is 2.24 bits per heavy atom. The van der Waals surface area contributed by atoms with E-state index in [4.69, 9.17) is 0 Å². The lowest BCUT2D eigenvalue weighted by atomic mass is 10.0. The quantitative estimate of drug-likeness (QED) is 0.438.